The number of anilines is 1. The van der Waals surface area contributed by atoms with Crippen LogP contribution < -0.4 is 10.1 Å². The number of rotatable bonds is 9. The van der Waals surface area contributed by atoms with Crippen LogP contribution >= 0.6 is 0 Å². The fourth-order valence-corrected chi connectivity index (χ4v) is 4.02. The summed E-state index contributed by atoms with van der Waals surface area (Å²) in [7, 11) is 1.57. The maximum Gasteiger partial charge on any atom is 0.122 e. The van der Waals surface area contributed by atoms with Gasteiger partial charge in [-0.05, 0) is 36.1 Å². The Morgan fingerprint density at radius 1 is 1.06 bits per heavy atom. The SMILES string of the molecule is COc1cc(C#N)cc(NCCc2ccc(CCN3C[C@H](O)[C@@H](O)[C@H](O)[C@H]3CO)cc2)c1. The third-order valence-corrected chi connectivity index (χ3v) is 5.94. The largest absolute Gasteiger partial charge is 0.497 e. The van der Waals surface area contributed by atoms with Gasteiger partial charge in [0.25, 0.3) is 0 Å². The molecule has 0 radical (unpaired) electrons. The number of hydrogen-bond donors (Lipinski definition) is 5. The molecule has 0 bridgehead atoms. The smallest absolute Gasteiger partial charge is 0.122 e. The third kappa shape index (κ3) is 5.97. The predicted molar refractivity (Wildman–Crippen MR) is 121 cm³/mol. The molecular formula is C24H31N3O5. The molecule has 2 aromatic rings. The van der Waals surface area contributed by atoms with E-state index in [4.69, 9.17) is 10.00 Å². The van der Waals surface area contributed by atoms with E-state index in [9.17, 15) is 20.4 Å². The summed E-state index contributed by atoms with van der Waals surface area (Å²) in [5.41, 5.74) is 3.67. The number of nitrogens with zero attached hydrogens (tertiary/aromatic N) is 2. The van der Waals surface area contributed by atoms with Crippen molar-refractivity contribution >= 4 is 5.69 Å². The highest BCUT2D eigenvalue weighted by atomic mass is 16.5. The predicted octanol–water partition coefficient (Wildman–Crippen LogP) is 0.523. The third-order valence-electron chi connectivity index (χ3n) is 5.94. The first-order valence-electron chi connectivity index (χ1n) is 10.7. The van der Waals surface area contributed by atoms with Gasteiger partial charge in [0.05, 0.1) is 37.5 Å². The lowest BCUT2D eigenvalue weighted by atomic mass is 9.93. The van der Waals surface area contributed by atoms with E-state index >= 15 is 0 Å². The minimum absolute atomic E-state index is 0.213. The van der Waals surface area contributed by atoms with Gasteiger partial charge in [-0.2, -0.15) is 5.26 Å². The van der Waals surface area contributed by atoms with Crippen LogP contribution in [-0.2, 0) is 12.8 Å². The fourth-order valence-electron chi connectivity index (χ4n) is 4.02. The molecule has 8 heteroatoms. The van der Waals surface area contributed by atoms with Crippen LogP contribution in [0.15, 0.2) is 42.5 Å². The van der Waals surface area contributed by atoms with Crippen LogP contribution in [0.5, 0.6) is 5.75 Å². The molecule has 1 aliphatic heterocycles. The molecule has 0 unspecified atom stereocenters. The Balaban J connectivity index is 1.50. The molecule has 0 spiro atoms. The zero-order valence-corrected chi connectivity index (χ0v) is 18.2. The van der Waals surface area contributed by atoms with E-state index in [2.05, 4.69) is 23.5 Å². The minimum Gasteiger partial charge on any atom is -0.497 e. The van der Waals surface area contributed by atoms with E-state index in [1.807, 2.05) is 23.1 Å². The number of β-amino-alcohol motifs (C(OH)–C–C–N with tert-alkyl or cyclic N) is 1. The molecule has 1 fully saturated rings. The molecule has 0 amide bonds. The van der Waals surface area contributed by atoms with Gasteiger partial charge in [0, 0.05) is 31.4 Å². The van der Waals surface area contributed by atoms with Crippen LogP contribution in [0, 0.1) is 11.3 Å². The van der Waals surface area contributed by atoms with Gasteiger partial charge in [-0.1, -0.05) is 24.3 Å². The topological polar surface area (TPSA) is 129 Å². The molecule has 0 aromatic heterocycles. The van der Waals surface area contributed by atoms with Crippen LogP contribution in [-0.4, -0.2) is 83.0 Å². The average molecular weight is 442 g/mol. The van der Waals surface area contributed by atoms with Crippen molar-refractivity contribution in [1.82, 2.24) is 4.90 Å². The Kier molecular flexibility index (Phi) is 8.45. The monoisotopic (exact) mass is 441 g/mol. The molecule has 4 atom stereocenters. The van der Waals surface area contributed by atoms with E-state index in [0.29, 0.717) is 30.8 Å². The van der Waals surface area contributed by atoms with Crippen molar-refractivity contribution in [3.63, 3.8) is 0 Å². The average Bonchev–Trinajstić information content (AvgIpc) is 2.81. The van der Waals surface area contributed by atoms with Crippen molar-refractivity contribution in [2.45, 2.75) is 37.2 Å². The summed E-state index contributed by atoms with van der Waals surface area (Å²) in [6.45, 7) is 1.20. The number of hydrogen-bond acceptors (Lipinski definition) is 8. The van der Waals surface area contributed by atoms with E-state index in [1.54, 1.807) is 19.2 Å². The molecule has 8 nitrogen and oxygen atoms in total. The molecule has 3 rings (SSSR count). The maximum atomic E-state index is 10.1. The second kappa shape index (κ2) is 11.3. The summed E-state index contributed by atoms with van der Waals surface area (Å²) in [5, 5.41) is 51.8. The first-order chi connectivity index (χ1) is 15.4. The molecule has 172 valence electrons. The number of methoxy groups -OCH3 is 1. The second-order valence-electron chi connectivity index (χ2n) is 8.10. The number of nitriles is 1. The highest BCUT2D eigenvalue weighted by Gasteiger charge is 2.40. The Bertz CT molecular complexity index is 915. The zero-order chi connectivity index (χ0) is 23.1. The summed E-state index contributed by atoms with van der Waals surface area (Å²) in [6.07, 6.45) is -1.93. The van der Waals surface area contributed by atoms with E-state index in [0.717, 1.165) is 17.7 Å². The van der Waals surface area contributed by atoms with Crippen molar-refractivity contribution < 1.29 is 25.2 Å². The minimum atomic E-state index is -1.24. The number of aliphatic hydroxyl groups excluding tert-OH is 4. The summed E-state index contributed by atoms with van der Waals surface area (Å²) < 4.78 is 5.22. The molecular weight excluding hydrogens is 410 g/mol. The number of ether oxygens (including phenoxy) is 1. The standard InChI is InChI=1S/C24H31N3O5/c1-32-20-11-18(13-25)10-19(12-20)26-8-6-16-2-4-17(5-3-16)7-9-27-14-22(29)24(31)23(30)21(27)15-28/h2-5,10-12,21-24,26,28-31H,6-9,14-15H2,1H3/t21-,22+,23-,24-/m1/s1. The van der Waals surface area contributed by atoms with Gasteiger partial charge in [0.15, 0.2) is 0 Å². The summed E-state index contributed by atoms with van der Waals surface area (Å²) in [4.78, 5) is 1.82. The molecule has 2 aromatic carbocycles. The van der Waals surface area contributed by atoms with E-state index in [-0.39, 0.29) is 13.2 Å². The van der Waals surface area contributed by atoms with E-state index < -0.39 is 24.4 Å². The number of benzene rings is 2. The maximum absolute atomic E-state index is 10.1. The molecule has 32 heavy (non-hydrogen) atoms. The van der Waals surface area contributed by atoms with Gasteiger partial charge >= 0.3 is 0 Å². The van der Waals surface area contributed by atoms with Gasteiger partial charge < -0.3 is 30.5 Å². The van der Waals surface area contributed by atoms with Crippen molar-refractivity contribution in [1.29, 1.82) is 5.26 Å². The quantitative estimate of drug-likeness (QED) is 0.381. The molecule has 5 N–H and O–H groups in total. The highest BCUT2D eigenvalue weighted by Crippen LogP contribution is 2.21. The van der Waals surface area contributed by atoms with Crippen molar-refractivity contribution in [2.24, 2.45) is 0 Å². The number of likely N-dealkylation sites (tertiary alicyclic amines) is 1. The Labute approximate surface area is 188 Å². The Hall–Kier alpha value is -2.67. The number of nitrogens with one attached hydrogen (secondary N) is 1. The summed E-state index contributed by atoms with van der Waals surface area (Å²) in [5.74, 6) is 0.641. The lowest BCUT2D eigenvalue weighted by Crippen LogP contribution is -2.62. The number of piperidine rings is 1. The lowest BCUT2D eigenvalue weighted by molar-refractivity contribution is -0.144. The van der Waals surface area contributed by atoms with Crippen LogP contribution in [0.4, 0.5) is 5.69 Å². The molecule has 1 aliphatic rings. The van der Waals surface area contributed by atoms with Gasteiger partial charge in [0.1, 0.15) is 18.0 Å². The Morgan fingerprint density at radius 2 is 1.75 bits per heavy atom. The van der Waals surface area contributed by atoms with Gasteiger partial charge in [0.2, 0.25) is 0 Å². The lowest BCUT2D eigenvalue weighted by Gasteiger charge is -2.43. The van der Waals surface area contributed by atoms with Crippen LogP contribution in [0.3, 0.4) is 0 Å². The summed E-state index contributed by atoms with van der Waals surface area (Å²) >= 11 is 0. The van der Waals surface area contributed by atoms with Crippen LogP contribution in [0.1, 0.15) is 16.7 Å². The molecule has 1 heterocycles. The first kappa shape index (κ1) is 24.0. The number of aliphatic hydroxyl groups is 4. The van der Waals surface area contributed by atoms with Crippen molar-refractivity contribution in [3.8, 4) is 11.8 Å². The highest BCUT2D eigenvalue weighted by molar-refractivity contribution is 5.54. The van der Waals surface area contributed by atoms with Crippen LogP contribution in [0.25, 0.3) is 0 Å². The molecule has 0 aliphatic carbocycles. The molecule has 1 saturated heterocycles. The van der Waals surface area contributed by atoms with Gasteiger partial charge in [-0.3, -0.25) is 4.90 Å². The summed E-state index contributed by atoms with van der Waals surface area (Å²) in [6, 6.07) is 15.1. The van der Waals surface area contributed by atoms with Crippen LogP contribution in [0.2, 0.25) is 0 Å². The van der Waals surface area contributed by atoms with Crippen molar-refractivity contribution in [2.75, 3.05) is 38.7 Å². The first-order valence-corrected chi connectivity index (χ1v) is 10.7. The molecule has 0 saturated carbocycles. The van der Waals surface area contributed by atoms with Gasteiger partial charge in [-0.25, -0.2) is 0 Å². The fraction of sp³-hybridized carbons (Fsp3) is 0.458. The second-order valence-corrected chi connectivity index (χ2v) is 8.10. The van der Waals surface area contributed by atoms with Crippen molar-refractivity contribution in [3.05, 3.63) is 59.2 Å². The zero-order valence-electron chi connectivity index (χ0n) is 18.2. The van der Waals surface area contributed by atoms with E-state index in [1.165, 1.54) is 5.56 Å². The van der Waals surface area contributed by atoms with Gasteiger partial charge in [-0.15, -0.1) is 0 Å². The Morgan fingerprint density at radius 3 is 2.38 bits per heavy atom. The normalized spacial score (nSPS) is 23.5.